The molecule has 342 valence electrons. The number of nitrogens with zero attached hydrogens (tertiary/aromatic N) is 2. The van der Waals surface area contributed by atoms with Crippen LogP contribution in [0.25, 0.3) is 77.6 Å². The van der Waals surface area contributed by atoms with Crippen molar-refractivity contribution in [2.45, 2.75) is 66.2 Å². The fourth-order valence-electron chi connectivity index (χ4n) is 11.5. The highest BCUT2D eigenvalue weighted by atomic mass is 15.1. The van der Waals surface area contributed by atoms with Gasteiger partial charge in [0.2, 0.25) is 0 Å². The van der Waals surface area contributed by atoms with Gasteiger partial charge in [0.25, 0.3) is 0 Å². The van der Waals surface area contributed by atoms with Gasteiger partial charge in [-0.1, -0.05) is 181 Å². The lowest BCUT2D eigenvalue weighted by Crippen LogP contribution is -2.16. The van der Waals surface area contributed by atoms with E-state index in [1.165, 1.54) is 105 Å². The Kier molecular flexibility index (Phi) is 11.2. The van der Waals surface area contributed by atoms with E-state index in [1.807, 2.05) is 13.8 Å². The zero-order chi connectivity index (χ0) is 48.3. The summed E-state index contributed by atoms with van der Waals surface area (Å²) in [6.07, 6.45) is 6.45. The Balaban J connectivity index is 0.00000263. The lowest BCUT2D eigenvalue weighted by molar-refractivity contribution is 0.660. The number of anilines is 3. The molecule has 0 fully saturated rings. The molecule has 1 aromatic heterocycles. The van der Waals surface area contributed by atoms with Crippen LogP contribution in [0, 0.1) is 0 Å². The molecule has 9 aromatic carbocycles. The van der Waals surface area contributed by atoms with E-state index in [-0.39, 0.29) is 10.8 Å². The van der Waals surface area contributed by atoms with Crippen LogP contribution in [0.4, 0.5) is 17.1 Å². The molecule has 0 saturated carbocycles. The largest absolute Gasteiger partial charge is 0.310 e. The molecule has 2 aliphatic rings. The monoisotopic (exact) mass is 904 g/mol. The lowest BCUT2D eigenvalue weighted by Gasteiger charge is -2.28. The maximum atomic E-state index is 2.47. The van der Waals surface area contributed by atoms with E-state index in [1.54, 1.807) is 0 Å². The van der Waals surface area contributed by atoms with Crippen LogP contribution in [0.5, 0.6) is 0 Å². The first-order valence-corrected chi connectivity index (χ1v) is 25.1. The van der Waals surface area contributed by atoms with Crippen LogP contribution in [0.1, 0.15) is 83.2 Å². The fourth-order valence-corrected chi connectivity index (χ4v) is 11.5. The van der Waals surface area contributed by atoms with E-state index in [0.717, 1.165) is 17.1 Å². The molecule has 70 heavy (non-hydrogen) atoms. The van der Waals surface area contributed by atoms with Crippen LogP contribution in [0.3, 0.4) is 0 Å². The summed E-state index contributed by atoms with van der Waals surface area (Å²) in [5, 5.41) is 2.56. The highest BCUT2D eigenvalue weighted by Gasteiger charge is 2.38. The Morgan fingerprint density at radius 2 is 0.929 bits per heavy atom. The summed E-state index contributed by atoms with van der Waals surface area (Å²) in [5.41, 5.74) is 24.8. The molecular formula is C68H60N2. The predicted molar refractivity (Wildman–Crippen MR) is 301 cm³/mol. The molecule has 0 radical (unpaired) electrons. The van der Waals surface area contributed by atoms with Crippen molar-refractivity contribution in [3.05, 3.63) is 246 Å². The molecule has 0 spiro atoms. The summed E-state index contributed by atoms with van der Waals surface area (Å²) < 4.78 is 2.46. The fraction of sp³-hybridized carbons (Fsp3) is 0.147. The quantitative estimate of drug-likeness (QED) is 0.138. The maximum absolute atomic E-state index is 2.47. The van der Waals surface area contributed by atoms with Crippen molar-refractivity contribution in [3.63, 3.8) is 0 Å². The summed E-state index contributed by atoms with van der Waals surface area (Å²) in [5.74, 6) is 0. The first-order chi connectivity index (χ1) is 34.1. The minimum atomic E-state index is -0.231. The Bertz CT molecular complexity index is 3660. The van der Waals surface area contributed by atoms with Gasteiger partial charge in [-0.15, -0.1) is 0 Å². The number of rotatable bonds is 8. The molecule has 0 unspecified atom stereocenters. The molecule has 0 N–H and O–H groups in total. The second kappa shape index (κ2) is 17.5. The number of aromatic nitrogens is 1. The van der Waals surface area contributed by atoms with Crippen LogP contribution >= 0.6 is 0 Å². The molecule has 2 nitrogen and oxygen atoms in total. The average Bonchev–Trinajstić information content (AvgIpc) is 3.94. The van der Waals surface area contributed by atoms with Crippen molar-refractivity contribution in [2.75, 3.05) is 4.90 Å². The van der Waals surface area contributed by atoms with Crippen LogP contribution < -0.4 is 4.90 Å². The third kappa shape index (κ3) is 7.16. The SMILES string of the molecule is C/C=C\C(=C/C)c1ccc(N(c2ccc(-c3ccccc3)cc2)c2ccc3c(c2)C(C)(C)c2cc(-c4ccc5c(c4)c4cc6c(cc4n5-c4ccccc4)C(C)(C)c4ccccc4-6)ccc2-3)cc1.CC. The summed E-state index contributed by atoms with van der Waals surface area (Å²) >= 11 is 0. The van der Waals surface area contributed by atoms with E-state index >= 15 is 0 Å². The molecule has 0 atom stereocenters. The van der Waals surface area contributed by atoms with Gasteiger partial charge in [0.05, 0.1) is 11.0 Å². The van der Waals surface area contributed by atoms with Crippen LogP contribution in [-0.2, 0) is 10.8 Å². The summed E-state index contributed by atoms with van der Waals surface area (Å²) in [4.78, 5) is 2.41. The van der Waals surface area contributed by atoms with Crippen molar-refractivity contribution in [1.82, 2.24) is 4.57 Å². The van der Waals surface area contributed by atoms with E-state index in [9.17, 15) is 0 Å². The van der Waals surface area contributed by atoms with Crippen molar-refractivity contribution in [2.24, 2.45) is 0 Å². The Hall–Kier alpha value is -7.94. The molecule has 0 amide bonds. The summed E-state index contributed by atoms with van der Waals surface area (Å²) in [6.45, 7) is 17.7. The van der Waals surface area contributed by atoms with Gasteiger partial charge in [-0.05, 0) is 171 Å². The van der Waals surface area contributed by atoms with Crippen molar-refractivity contribution in [1.29, 1.82) is 0 Å². The molecule has 0 saturated heterocycles. The van der Waals surface area contributed by atoms with Crippen molar-refractivity contribution in [3.8, 4) is 50.2 Å². The van der Waals surface area contributed by atoms with Crippen LogP contribution in [0.15, 0.2) is 218 Å². The topological polar surface area (TPSA) is 8.17 Å². The molecular weight excluding hydrogens is 845 g/mol. The van der Waals surface area contributed by atoms with Crippen molar-refractivity contribution >= 4 is 44.4 Å². The number of benzene rings is 9. The Labute approximate surface area is 414 Å². The molecule has 0 bridgehead atoms. The van der Waals surface area contributed by atoms with Gasteiger partial charge in [0.15, 0.2) is 0 Å². The molecule has 1 heterocycles. The molecule has 12 rings (SSSR count). The number of fused-ring (bicyclic) bond motifs is 9. The van der Waals surface area contributed by atoms with Gasteiger partial charge in [0.1, 0.15) is 0 Å². The maximum Gasteiger partial charge on any atom is 0.0544 e. The van der Waals surface area contributed by atoms with Gasteiger partial charge in [-0.25, -0.2) is 0 Å². The van der Waals surface area contributed by atoms with Crippen LogP contribution in [-0.4, -0.2) is 4.57 Å². The normalized spacial score (nSPS) is 14.0. The Morgan fingerprint density at radius 1 is 0.414 bits per heavy atom. The van der Waals surface area contributed by atoms with Crippen molar-refractivity contribution < 1.29 is 0 Å². The minimum absolute atomic E-state index is 0.0840. The van der Waals surface area contributed by atoms with E-state index in [0.29, 0.717) is 0 Å². The summed E-state index contributed by atoms with van der Waals surface area (Å²) in [7, 11) is 0. The predicted octanol–water partition coefficient (Wildman–Crippen LogP) is 19.2. The third-order valence-electron chi connectivity index (χ3n) is 15.1. The first kappa shape index (κ1) is 44.6. The highest BCUT2D eigenvalue weighted by molar-refractivity contribution is 6.13. The average molecular weight is 905 g/mol. The van der Waals surface area contributed by atoms with E-state index in [2.05, 4.69) is 269 Å². The number of hydrogen-bond donors (Lipinski definition) is 0. The van der Waals surface area contributed by atoms with E-state index in [4.69, 9.17) is 0 Å². The first-order valence-electron chi connectivity index (χ1n) is 25.1. The zero-order valence-corrected chi connectivity index (χ0v) is 41.7. The van der Waals surface area contributed by atoms with Gasteiger partial charge >= 0.3 is 0 Å². The molecule has 0 aliphatic heterocycles. The van der Waals surface area contributed by atoms with Crippen LogP contribution in [0.2, 0.25) is 0 Å². The standard InChI is InChI=1S/C66H54N2.C2H6/c1-7-17-43(8-2)45-24-30-50(31-25-45)67(51-32-26-46(27-33-51)44-18-11-9-12-19-44)52-34-36-55-54-35-28-48(39-60(54)66(5,6)61(55)40-52)47-29-37-63-57(38-47)58-41-56-53-22-15-16-23-59(53)65(3,4)62(56)42-64(58)68(63)49-20-13-10-14-21-49;1-2/h7-42H,1-6H3;1-2H3/b17-7-,43-8+;. The molecule has 2 aliphatic carbocycles. The van der Waals surface area contributed by atoms with Gasteiger partial charge < -0.3 is 9.47 Å². The Morgan fingerprint density at radius 3 is 1.63 bits per heavy atom. The molecule has 10 aromatic rings. The number of allylic oxidation sites excluding steroid dienone is 4. The zero-order valence-electron chi connectivity index (χ0n) is 41.7. The van der Waals surface area contributed by atoms with Gasteiger partial charge in [-0.2, -0.15) is 0 Å². The minimum Gasteiger partial charge on any atom is -0.310 e. The second-order valence-electron chi connectivity index (χ2n) is 19.6. The van der Waals surface area contributed by atoms with Gasteiger partial charge in [0, 0.05) is 44.4 Å². The van der Waals surface area contributed by atoms with Gasteiger partial charge in [-0.3, -0.25) is 0 Å². The third-order valence-corrected chi connectivity index (χ3v) is 15.1. The smallest absolute Gasteiger partial charge is 0.0544 e. The highest BCUT2D eigenvalue weighted by Crippen LogP contribution is 2.53. The lowest BCUT2D eigenvalue weighted by atomic mass is 9.81. The number of para-hydroxylation sites is 1. The van der Waals surface area contributed by atoms with E-state index < -0.39 is 0 Å². The summed E-state index contributed by atoms with van der Waals surface area (Å²) in [6, 6.07) is 74.8. The number of hydrogen-bond acceptors (Lipinski definition) is 1. The second-order valence-corrected chi connectivity index (χ2v) is 19.6. The molecule has 2 heteroatoms.